The van der Waals surface area contributed by atoms with Gasteiger partial charge in [0.1, 0.15) is 0 Å². The summed E-state index contributed by atoms with van der Waals surface area (Å²) in [4.78, 5) is 4.36. The molecule has 2 rings (SSSR count). The standard InChI is InChI=1S/C21H33N5/c1-16(14-26-18(3)12-17(2)25-26)13-23-20(22-6)24-15-21(4,5)19-10-8-7-9-11-19/h7-12,16H,13-15H2,1-6H3,(H2,22,23,24). The average Bonchev–Trinajstić information content (AvgIpc) is 2.93. The summed E-state index contributed by atoms with van der Waals surface area (Å²) in [6.07, 6.45) is 0. The maximum absolute atomic E-state index is 4.54. The molecule has 26 heavy (non-hydrogen) atoms. The lowest BCUT2D eigenvalue weighted by atomic mass is 9.85. The highest BCUT2D eigenvalue weighted by atomic mass is 15.3. The van der Waals surface area contributed by atoms with Gasteiger partial charge in [-0.15, -0.1) is 0 Å². The number of rotatable bonds is 7. The van der Waals surface area contributed by atoms with Crippen LogP contribution in [0.1, 0.15) is 37.7 Å². The monoisotopic (exact) mass is 355 g/mol. The van der Waals surface area contributed by atoms with E-state index < -0.39 is 0 Å². The number of guanidine groups is 1. The van der Waals surface area contributed by atoms with Crippen LogP contribution < -0.4 is 10.6 Å². The number of aromatic nitrogens is 2. The van der Waals surface area contributed by atoms with Crippen LogP contribution in [-0.4, -0.2) is 35.9 Å². The van der Waals surface area contributed by atoms with Crippen molar-refractivity contribution < 1.29 is 0 Å². The molecule has 0 radical (unpaired) electrons. The SMILES string of the molecule is CN=C(NCC(C)Cn1nc(C)cc1C)NCC(C)(C)c1ccccc1. The summed E-state index contributed by atoms with van der Waals surface area (Å²) in [5.41, 5.74) is 3.64. The van der Waals surface area contributed by atoms with E-state index in [2.05, 4.69) is 89.5 Å². The molecule has 0 bridgehead atoms. The summed E-state index contributed by atoms with van der Waals surface area (Å²) in [6, 6.07) is 12.7. The van der Waals surface area contributed by atoms with Crippen LogP contribution in [0.15, 0.2) is 41.4 Å². The fraction of sp³-hybridized carbons (Fsp3) is 0.524. The van der Waals surface area contributed by atoms with Crippen molar-refractivity contribution in [1.82, 2.24) is 20.4 Å². The van der Waals surface area contributed by atoms with Crippen molar-refractivity contribution in [2.24, 2.45) is 10.9 Å². The summed E-state index contributed by atoms with van der Waals surface area (Å²) in [5.74, 6) is 1.29. The Morgan fingerprint density at radius 2 is 1.88 bits per heavy atom. The molecule has 0 amide bonds. The van der Waals surface area contributed by atoms with Gasteiger partial charge in [-0.05, 0) is 31.4 Å². The zero-order chi connectivity index (χ0) is 19.2. The Morgan fingerprint density at radius 1 is 1.19 bits per heavy atom. The highest BCUT2D eigenvalue weighted by Gasteiger charge is 2.20. The van der Waals surface area contributed by atoms with Gasteiger partial charge in [0.15, 0.2) is 5.96 Å². The van der Waals surface area contributed by atoms with Crippen molar-refractivity contribution in [3.63, 3.8) is 0 Å². The molecule has 0 saturated heterocycles. The molecule has 1 atom stereocenters. The van der Waals surface area contributed by atoms with Crippen LogP contribution in [0, 0.1) is 19.8 Å². The van der Waals surface area contributed by atoms with E-state index in [1.807, 2.05) is 14.0 Å². The van der Waals surface area contributed by atoms with E-state index >= 15 is 0 Å². The van der Waals surface area contributed by atoms with Crippen LogP contribution in [0.2, 0.25) is 0 Å². The van der Waals surface area contributed by atoms with E-state index in [4.69, 9.17) is 0 Å². The number of aryl methyl sites for hydroxylation is 2. The molecule has 1 heterocycles. The van der Waals surface area contributed by atoms with Gasteiger partial charge in [-0.1, -0.05) is 51.1 Å². The molecule has 0 aliphatic heterocycles. The molecule has 0 fully saturated rings. The Bertz CT molecular complexity index is 715. The molecule has 0 saturated carbocycles. The summed E-state index contributed by atoms with van der Waals surface area (Å²) in [6.45, 7) is 13.4. The van der Waals surface area contributed by atoms with Gasteiger partial charge in [-0.3, -0.25) is 9.67 Å². The number of benzene rings is 1. The number of nitrogens with one attached hydrogen (secondary N) is 2. The predicted octanol–water partition coefficient (Wildman–Crippen LogP) is 3.28. The minimum absolute atomic E-state index is 0.0359. The Balaban J connectivity index is 1.83. The minimum Gasteiger partial charge on any atom is -0.356 e. The molecule has 1 aromatic carbocycles. The second-order valence-electron chi connectivity index (χ2n) is 7.77. The number of aliphatic imine (C=N–C) groups is 1. The molecule has 142 valence electrons. The Morgan fingerprint density at radius 3 is 2.46 bits per heavy atom. The second kappa shape index (κ2) is 8.88. The predicted molar refractivity (Wildman–Crippen MR) is 110 cm³/mol. The number of nitrogens with zero attached hydrogens (tertiary/aromatic N) is 3. The smallest absolute Gasteiger partial charge is 0.191 e. The highest BCUT2D eigenvalue weighted by molar-refractivity contribution is 5.79. The van der Waals surface area contributed by atoms with Gasteiger partial charge in [-0.25, -0.2) is 0 Å². The third-order valence-corrected chi connectivity index (χ3v) is 4.68. The van der Waals surface area contributed by atoms with E-state index in [0.717, 1.165) is 31.3 Å². The highest BCUT2D eigenvalue weighted by Crippen LogP contribution is 2.21. The summed E-state index contributed by atoms with van der Waals surface area (Å²) in [5, 5.41) is 11.4. The molecule has 2 N–H and O–H groups in total. The average molecular weight is 356 g/mol. The van der Waals surface area contributed by atoms with Crippen molar-refractivity contribution in [2.45, 2.75) is 46.6 Å². The topological polar surface area (TPSA) is 54.2 Å². The molecular formula is C21H33N5. The van der Waals surface area contributed by atoms with Crippen LogP contribution in [0.5, 0.6) is 0 Å². The first kappa shape index (κ1) is 20.0. The molecule has 5 heteroatoms. The Labute approximate surface area is 157 Å². The lowest BCUT2D eigenvalue weighted by Crippen LogP contribution is -2.44. The van der Waals surface area contributed by atoms with Gasteiger partial charge in [-0.2, -0.15) is 5.10 Å². The first-order valence-electron chi connectivity index (χ1n) is 9.33. The summed E-state index contributed by atoms with van der Waals surface area (Å²) < 4.78 is 2.08. The van der Waals surface area contributed by atoms with Crippen LogP contribution in [0.3, 0.4) is 0 Å². The molecule has 1 unspecified atom stereocenters. The fourth-order valence-corrected chi connectivity index (χ4v) is 3.01. The zero-order valence-electron chi connectivity index (χ0n) is 17.0. The zero-order valence-corrected chi connectivity index (χ0v) is 17.0. The third kappa shape index (κ3) is 5.61. The van der Waals surface area contributed by atoms with Crippen molar-refractivity contribution >= 4 is 5.96 Å². The number of hydrogen-bond acceptors (Lipinski definition) is 2. The lowest BCUT2D eigenvalue weighted by Gasteiger charge is -2.27. The third-order valence-electron chi connectivity index (χ3n) is 4.68. The van der Waals surface area contributed by atoms with E-state index in [9.17, 15) is 0 Å². The fourth-order valence-electron chi connectivity index (χ4n) is 3.01. The van der Waals surface area contributed by atoms with Gasteiger partial charge in [0.25, 0.3) is 0 Å². The molecule has 5 nitrogen and oxygen atoms in total. The van der Waals surface area contributed by atoms with Crippen molar-refractivity contribution in [3.8, 4) is 0 Å². The van der Waals surface area contributed by atoms with Gasteiger partial charge in [0.05, 0.1) is 5.69 Å². The van der Waals surface area contributed by atoms with E-state index in [-0.39, 0.29) is 5.41 Å². The summed E-state index contributed by atoms with van der Waals surface area (Å²) in [7, 11) is 1.82. The lowest BCUT2D eigenvalue weighted by molar-refractivity contribution is 0.434. The van der Waals surface area contributed by atoms with Gasteiger partial charge >= 0.3 is 0 Å². The summed E-state index contributed by atoms with van der Waals surface area (Å²) >= 11 is 0. The maximum atomic E-state index is 4.54. The molecule has 0 aliphatic rings. The van der Waals surface area contributed by atoms with Gasteiger partial charge < -0.3 is 10.6 Å². The van der Waals surface area contributed by atoms with Crippen LogP contribution in [-0.2, 0) is 12.0 Å². The molecule has 1 aromatic heterocycles. The van der Waals surface area contributed by atoms with Crippen molar-refractivity contribution in [2.75, 3.05) is 20.1 Å². The number of hydrogen-bond donors (Lipinski definition) is 2. The van der Waals surface area contributed by atoms with Gasteiger partial charge in [0.2, 0.25) is 0 Å². The largest absolute Gasteiger partial charge is 0.356 e. The molecular weight excluding hydrogens is 322 g/mol. The van der Waals surface area contributed by atoms with Crippen LogP contribution in [0.4, 0.5) is 0 Å². The quantitative estimate of drug-likeness (QED) is 0.592. The first-order chi connectivity index (χ1) is 12.3. The normalized spacial score (nSPS) is 13.5. The maximum Gasteiger partial charge on any atom is 0.191 e. The van der Waals surface area contributed by atoms with Crippen molar-refractivity contribution in [3.05, 3.63) is 53.3 Å². The van der Waals surface area contributed by atoms with Crippen LogP contribution >= 0.6 is 0 Å². The second-order valence-corrected chi connectivity index (χ2v) is 7.77. The molecule has 2 aromatic rings. The van der Waals surface area contributed by atoms with Crippen LogP contribution in [0.25, 0.3) is 0 Å². The molecule has 0 aliphatic carbocycles. The Hall–Kier alpha value is -2.30. The molecule has 0 spiro atoms. The van der Waals surface area contributed by atoms with Crippen molar-refractivity contribution in [1.29, 1.82) is 0 Å². The Kier molecular flexibility index (Phi) is 6.83. The van der Waals surface area contributed by atoms with E-state index in [0.29, 0.717) is 5.92 Å². The first-order valence-corrected chi connectivity index (χ1v) is 9.33. The minimum atomic E-state index is 0.0359. The van der Waals surface area contributed by atoms with E-state index in [1.165, 1.54) is 11.3 Å². The van der Waals surface area contributed by atoms with Gasteiger partial charge in [0, 0.05) is 37.8 Å². The van der Waals surface area contributed by atoms with E-state index in [1.54, 1.807) is 0 Å².